The Hall–Kier alpha value is -0.940. The number of furan rings is 1. The third-order valence-corrected chi connectivity index (χ3v) is 3.76. The zero-order valence-corrected chi connectivity index (χ0v) is 10.2. The van der Waals surface area contributed by atoms with Crippen LogP contribution in [0.15, 0.2) is 21.6 Å². The lowest BCUT2D eigenvalue weighted by Gasteiger charge is -2.27. The van der Waals surface area contributed by atoms with Gasteiger partial charge in [0.15, 0.2) is 0 Å². The summed E-state index contributed by atoms with van der Waals surface area (Å²) in [6.07, 6.45) is 1.66. The minimum atomic E-state index is 0.215. The minimum absolute atomic E-state index is 0.215. The molecule has 1 aromatic heterocycles. The standard InChI is InChI=1S/C11H16N2O2S/c1-9-10(2-7-15-9)16-8-11(14)13-5-3-12-4-6-13/h2,7,12H,3-6,8H2,1H3. The van der Waals surface area contributed by atoms with Crippen LogP contribution in [0.2, 0.25) is 0 Å². The maximum Gasteiger partial charge on any atom is 0.233 e. The van der Waals surface area contributed by atoms with E-state index in [1.54, 1.807) is 18.0 Å². The van der Waals surface area contributed by atoms with E-state index in [-0.39, 0.29) is 5.91 Å². The molecular weight excluding hydrogens is 224 g/mol. The molecule has 1 aromatic rings. The van der Waals surface area contributed by atoms with Crippen LogP contribution in [-0.2, 0) is 4.79 Å². The third kappa shape index (κ3) is 2.80. The first-order chi connectivity index (χ1) is 7.77. The highest BCUT2D eigenvalue weighted by molar-refractivity contribution is 8.00. The van der Waals surface area contributed by atoms with Crippen LogP contribution in [0.3, 0.4) is 0 Å². The zero-order chi connectivity index (χ0) is 11.4. The summed E-state index contributed by atoms with van der Waals surface area (Å²) in [6, 6.07) is 1.91. The van der Waals surface area contributed by atoms with Gasteiger partial charge in [0.05, 0.1) is 12.0 Å². The number of amides is 1. The zero-order valence-electron chi connectivity index (χ0n) is 9.36. The summed E-state index contributed by atoms with van der Waals surface area (Å²) in [5.74, 6) is 1.60. The van der Waals surface area contributed by atoms with Gasteiger partial charge in [0.1, 0.15) is 5.76 Å². The molecule has 2 rings (SSSR count). The Balaban J connectivity index is 1.81. The summed E-state index contributed by atoms with van der Waals surface area (Å²) in [5, 5.41) is 3.23. The first kappa shape index (κ1) is 11.5. The summed E-state index contributed by atoms with van der Waals surface area (Å²) in [4.78, 5) is 14.8. The van der Waals surface area contributed by atoms with Gasteiger partial charge in [0.25, 0.3) is 0 Å². The molecule has 4 nitrogen and oxygen atoms in total. The van der Waals surface area contributed by atoms with E-state index in [1.807, 2.05) is 17.9 Å². The smallest absolute Gasteiger partial charge is 0.233 e. The molecule has 16 heavy (non-hydrogen) atoms. The van der Waals surface area contributed by atoms with E-state index in [1.165, 1.54) is 0 Å². The molecule has 88 valence electrons. The maximum atomic E-state index is 11.9. The molecule has 0 saturated carbocycles. The van der Waals surface area contributed by atoms with Gasteiger partial charge in [0.2, 0.25) is 5.91 Å². The quantitative estimate of drug-likeness (QED) is 0.804. The molecule has 0 unspecified atom stereocenters. The van der Waals surface area contributed by atoms with Crippen molar-refractivity contribution in [3.63, 3.8) is 0 Å². The number of thioether (sulfide) groups is 1. The molecule has 1 aliphatic heterocycles. The minimum Gasteiger partial charge on any atom is -0.468 e. The third-order valence-electron chi connectivity index (χ3n) is 2.63. The van der Waals surface area contributed by atoms with Crippen molar-refractivity contribution >= 4 is 17.7 Å². The Morgan fingerprint density at radius 1 is 1.56 bits per heavy atom. The van der Waals surface area contributed by atoms with E-state index in [2.05, 4.69) is 5.32 Å². The van der Waals surface area contributed by atoms with Gasteiger partial charge in [-0.05, 0) is 13.0 Å². The Morgan fingerprint density at radius 2 is 2.31 bits per heavy atom. The molecule has 0 radical (unpaired) electrons. The molecule has 1 fully saturated rings. The van der Waals surface area contributed by atoms with Crippen molar-refractivity contribution in [2.24, 2.45) is 0 Å². The SMILES string of the molecule is Cc1occc1SCC(=O)N1CCNCC1. The number of hydrogen-bond acceptors (Lipinski definition) is 4. The van der Waals surface area contributed by atoms with Crippen LogP contribution < -0.4 is 5.32 Å². The predicted octanol–water partition coefficient (Wildman–Crippen LogP) is 1.11. The Labute approximate surface area is 99.4 Å². The second-order valence-electron chi connectivity index (χ2n) is 3.76. The number of nitrogens with zero attached hydrogens (tertiary/aromatic N) is 1. The summed E-state index contributed by atoms with van der Waals surface area (Å²) < 4.78 is 5.19. The Morgan fingerprint density at radius 3 is 2.94 bits per heavy atom. The van der Waals surface area contributed by atoms with Gasteiger partial charge in [-0.15, -0.1) is 11.8 Å². The summed E-state index contributed by atoms with van der Waals surface area (Å²) in [5.41, 5.74) is 0. The molecule has 1 saturated heterocycles. The van der Waals surface area contributed by atoms with Gasteiger partial charge < -0.3 is 14.6 Å². The van der Waals surface area contributed by atoms with Gasteiger partial charge in [-0.2, -0.15) is 0 Å². The Bertz CT molecular complexity index is 359. The van der Waals surface area contributed by atoms with Crippen molar-refractivity contribution in [1.29, 1.82) is 0 Å². The largest absolute Gasteiger partial charge is 0.468 e. The van der Waals surface area contributed by atoms with Gasteiger partial charge in [0, 0.05) is 31.1 Å². The second kappa shape index (κ2) is 5.41. The highest BCUT2D eigenvalue weighted by atomic mass is 32.2. The van der Waals surface area contributed by atoms with Crippen molar-refractivity contribution in [3.8, 4) is 0 Å². The fourth-order valence-corrected chi connectivity index (χ4v) is 2.53. The van der Waals surface area contributed by atoms with E-state index in [0.717, 1.165) is 36.8 Å². The van der Waals surface area contributed by atoms with Crippen LogP contribution in [0, 0.1) is 6.92 Å². The first-order valence-corrected chi connectivity index (χ1v) is 6.41. The number of rotatable bonds is 3. The van der Waals surface area contributed by atoms with Gasteiger partial charge in [-0.1, -0.05) is 0 Å². The van der Waals surface area contributed by atoms with Crippen molar-refractivity contribution in [2.45, 2.75) is 11.8 Å². The molecule has 5 heteroatoms. The molecule has 1 aliphatic rings. The molecule has 1 N–H and O–H groups in total. The fourth-order valence-electron chi connectivity index (χ4n) is 1.67. The number of carbonyl (C=O) groups excluding carboxylic acids is 1. The van der Waals surface area contributed by atoms with Crippen molar-refractivity contribution in [1.82, 2.24) is 10.2 Å². The highest BCUT2D eigenvalue weighted by Gasteiger charge is 2.16. The monoisotopic (exact) mass is 240 g/mol. The molecule has 0 aromatic carbocycles. The summed E-state index contributed by atoms with van der Waals surface area (Å²) in [7, 11) is 0. The first-order valence-electron chi connectivity index (χ1n) is 5.43. The van der Waals surface area contributed by atoms with Crippen LogP contribution in [0.25, 0.3) is 0 Å². The van der Waals surface area contributed by atoms with Crippen LogP contribution in [0.1, 0.15) is 5.76 Å². The van der Waals surface area contributed by atoms with E-state index >= 15 is 0 Å². The van der Waals surface area contributed by atoms with Crippen LogP contribution in [0.5, 0.6) is 0 Å². The van der Waals surface area contributed by atoms with E-state index in [0.29, 0.717) is 5.75 Å². The predicted molar refractivity (Wildman–Crippen MR) is 63.6 cm³/mol. The number of hydrogen-bond donors (Lipinski definition) is 1. The van der Waals surface area contributed by atoms with Crippen LogP contribution in [-0.4, -0.2) is 42.7 Å². The average Bonchev–Trinajstić information content (AvgIpc) is 2.73. The van der Waals surface area contributed by atoms with Gasteiger partial charge in [-0.3, -0.25) is 4.79 Å². The lowest BCUT2D eigenvalue weighted by molar-refractivity contribution is -0.128. The van der Waals surface area contributed by atoms with Crippen LogP contribution in [0.4, 0.5) is 0 Å². The lowest BCUT2D eigenvalue weighted by Crippen LogP contribution is -2.47. The number of aryl methyl sites for hydroxylation is 1. The maximum absolute atomic E-state index is 11.9. The summed E-state index contributed by atoms with van der Waals surface area (Å²) >= 11 is 1.55. The number of piperazine rings is 1. The molecule has 0 aliphatic carbocycles. The van der Waals surface area contributed by atoms with E-state index < -0.39 is 0 Å². The highest BCUT2D eigenvalue weighted by Crippen LogP contribution is 2.23. The fraction of sp³-hybridized carbons (Fsp3) is 0.545. The molecule has 0 spiro atoms. The number of nitrogens with one attached hydrogen (secondary N) is 1. The normalized spacial score (nSPS) is 16.4. The molecule has 2 heterocycles. The van der Waals surface area contributed by atoms with Gasteiger partial charge >= 0.3 is 0 Å². The lowest BCUT2D eigenvalue weighted by atomic mass is 10.3. The number of carbonyl (C=O) groups is 1. The van der Waals surface area contributed by atoms with Crippen molar-refractivity contribution < 1.29 is 9.21 Å². The van der Waals surface area contributed by atoms with Crippen molar-refractivity contribution in [2.75, 3.05) is 31.9 Å². The topological polar surface area (TPSA) is 45.5 Å². The Kier molecular flexibility index (Phi) is 3.90. The summed E-state index contributed by atoms with van der Waals surface area (Å²) in [6.45, 7) is 5.37. The second-order valence-corrected chi connectivity index (χ2v) is 4.78. The van der Waals surface area contributed by atoms with Crippen LogP contribution >= 0.6 is 11.8 Å². The molecular formula is C11H16N2O2S. The molecule has 0 atom stereocenters. The van der Waals surface area contributed by atoms with Crippen molar-refractivity contribution in [3.05, 3.63) is 18.1 Å². The molecule has 0 bridgehead atoms. The van der Waals surface area contributed by atoms with E-state index in [4.69, 9.17) is 4.42 Å². The molecule has 1 amide bonds. The van der Waals surface area contributed by atoms with E-state index in [9.17, 15) is 4.79 Å². The van der Waals surface area contributed by atoms with Gasteiger partial charge in [-0.25, -0.2) is 0 Å². The average molecular weight is 240 g/mol.